The van der Waals surface area contributed by atoms with Gasteiger partial charge in [-0.25, -0.2) is 4.99 Å². The van der Waals surface area contributed by atoms with Crippen LogP contribution in [-0.4, -0.2) is 56.5 Å². The first kappa shape index (κ1) is 20.1. The van der Waals surface area contributed by atoms with Crippen LogP contribution in [0.25, 0.3) is 0 Å². The van der Waals surface area contributed by atoms with Gasteiger partial charge in [-0.1, -0.05) is 12.8 Å². The lowest BCUT2D eigenvalue weighted by Crippen LogP contribution is -2.50. The standard InChI is InChI=1S/C20H36N6O/c1-15-23-24-18(25(15)5)14-21-19(22-16-8-6-7-9-16)26-12-10-17(11-13-26)27-20(2,3)4/h16-17H,6-14H2,1-5H3,(H,21,22). The molecule has 1 aromatic heterocycles. The summed E-state index contributed by atoms with van der Waals surface area (Å²) >= 11 is 0. The summed E-state index contributed by atoms with van der Waals surface area (Å²) in [6.45, 7) is 10.9. The van der Waals surface area contributed by atoms with Crippen LogP contribution in [-0.2, 0) is 18.3 Å². The molecule has 152 valence electrons. The molecule has 7 nitrogen and oxygen atoms in total. The minimum absolute atomic E-state index is 0.0745. The van der Waals surface area contributed by atoms with Crippen LogP contribution in [0.4, 0.5) is 0 Å². The summed E-state index contributed by atoms with van der Waals surface area (Å²) in [5.41, 5.74) is -0.0745. The highest BCUT2D eigenvalue weighted by Gasteiger charge is 2.27. The molecule has 0 aromatic carbocycles. The molecule has 0 amide bonds. The maximum absolute atomic E-state index is 6.18. The molecule has 1 saturated heterocycles. The lowest BCUT2D eigenvalue weighted by molar-refractivity contribution is -0.0773. The van der Waals surface area contributed by atoms with E-state index in [0.717, 1.165) is 43.5 Å². The second-order valence-electron chi connectivity index (χ2n) is 8.90. The minimum atomic E-state index is -0.0745. The maximum Gasteiger partial charge on any atom is 0.194 e. The van der Waals surface area contributed by atoms with Gasteiger partial charge < -0.3 is 19.5 Å². The number of hydrogen-bond donors (Lipinski definition) is 1. The van der Waals surface area contributed by atoms with Crippen molar-refractivity contribution in [1.29, 1.82) is 0 Å². The number of rotatable bonds is 4. The largest absolute Gasteiger partial charge is 0.372 e. The van der Waals surface area contributed by atoms with Gasteiger partial charge in [0.05, 0.1) is 11.7 Å². The molecule has 1 N–H and O–H groups in total. The highest BCUT2D eigenvalue weighted by Crippen LogP contribution is 2.22. The summed E-state index contributed by atoms with van der Waals surface area (Å²) in [5, 5.41) is 12.1. The first-order valence-electron chi connectivity index (χ1n) is 10.4. The maximum atomic E-state index is 6.18. The molecule has 1 aliphatic heterocycles. The Hall–Kier alpha value is -1.63. The van der Waals surface area contributed by atoms with Crippen LogP contribution in [0.3, 0.4) is 0 Å². The fraction of sp³-hybridized carbons (Fsp3) is 0.850. The normalized spacial score (nSPS) is 20.5. The average molecular weight is 377 g/mol. The topological polar surface area (TPSA) is 67.6 Å². The molecule has 3 rings (SSSR count). The highest BCUT2D eigenvalue weighted by atomic mass is 16.5. The number of likely N-dealkylation sites (tertiary alicyclic amines) is 1. The summed E-state index contributed by atoms with van der Waals surface area (Å²) in [4.78, 5) is 7.32. The van der Waals surface area contributed by atoms with Gasteiger partial charge in [-0.2, -0.15) is 0 Å². The summed E-state index contributed by atoms with van der Waals surface area (Å²) in [5.74, 6) is 2.85. The Bertz CT molecular complexity index is 633. The molecular formula is C20H36N6O. The van der Waals surface area contributed by atoms with Crippen LogP contribution < -0.4 is 5.32 Å². The van der Waals surface area contributed by atoms with E-state index in [9.17, 15) is 0 Å². The number of nitrogens with one attached hydrogen (secondary N) is 1. The van der Waals surface area contributed by atoms with E-state index in [1.165, 1.54) is 25.7 Å². The smallest absolute Gasteiger partial charge is 0.194 e. The van der Waals surface area contributed by atoms with E-state index in [4.69, 9.17) is 9.73 Å². The molecule has 0 spiro atoms. The van der Waals surface area contributed by atoms with E-state index in [-0.39, 0.29) is 5.60 Å². The molecular weight excluding hydrogens is 340 g/mol. The Morgan fingerprint density at radius 3 is 2.37 bits per heavy atom. The quantitative estimate of drug-likeness (QED) is 0.646. The molecule has 1 aromatic rings. The van der Waals surface area contributed by atoms with Crippen molar-refractivity contribution in [2.24, 2.45) is 12.0 Å². The first-order valence-corrected chi connectivity index (χ1v) is 10.4. The summed E-state index contributed by atoms with van der Waals surface area (Å²) < 4.78 is 8.19. The lowest BCUT2D eigenvalue weighted by atomic mass is 10.1. The van der Waals surface area contributed by atoms with Gasteiger partial charge in [0.1, 0.15) is 12.4 Å². The van der Waals surface area contributed by atoms with Gasteiger partial charge in [-0.15, -0.1) is 10.2 Å². The SMILES string of the molecule is Cc1nnc(CN=C(NC2CCCC2)N2CCC(OC(C)(C)C)CC2)n1C. The van der Waals surface area contributed by atoms with E-state index in [1.807, 2.05) is 18.5 Å². The molecule has 1 aliphatic carbocycles. The predicted octanol–water partition coefficient (Wildman–Crippen LogP) is 2.79. The van der Waals surface area contributed by atoms with Gasteiger partial charge in [0.25, 0.3) is 0 Å². The third-order valence-corrected chi connectivity index (χ3v) is 5.50. The van der Waals surface area contributed by atoms with E-state index >= 15 is 0 Å². The predicted molar refractivity (Wildman–Crippen MR) is 108 cm³/mol. The van der Waals surface area contributed by atoms with Crippen LogP contribution in [0.2, 0.25) is 0 Å². The van der Waals surface area contributed by atoms with Gasteiger partial charge in [-0.05, 0) is 53.4 Å². The molecule has 2 fully saturated rings. The molecule has 0 radical (unpaired) electrons. The monoisotopic (exact) mass is 376 g/mol. The van der Waals surface area contributed by atoms with Crippen molar-refractivity contribution in [1.82, 2.24) is 25.0 Å². The zero-order valence-corrected chi connectivity index (χ0v) is 17.7. The zero-order valence-electron chi connectivity index (χ0n) is 17.7. The molecule has 2 aliphatic rings. The van der Waals surface area contributed by atoms with Gasteiger partial charge in [0, 0.05) is 26.2 Å². The molecule has 1 saturated carbocycles. The number of nitrogens with zero attached hydrogens (tertiary/aromatic N) is 5. The Labute approximate surface area is 163 Å². The number of ether oxygens (including phenoxy) is 1. The van der Waals surface area contributed by atoms with Crippen molar-refractivity contribution in [3.8, 4) is 0 Å². The van der Waals surface area contributed by atoms with Gasteiger partial charge >= 0.3 is 0 Å². The Kier molecular flexibility index (Phi) is 6.40. The van der Waals surface area contributed by atoms with Crippen LogP contribution in [0.15, 0.2) is 4.99 Å². The van der Waals surface area contributed by atoms with Crippen molar-refractivity contribution in [3.05, 3.63) is 11.6 Å². The first-order chi connectivity index (χ1) is 12.8. The van der Waals surface area contributed by atoms with E-state index in [1.54, 1.807) is 0 Å². The highest BCUT2D eigenvalue weighted by molar-refractivity contribution is 5.80. The van der Waals surface area contributed by atoms with Crippen LogP contribution in [0, 0.1) is 6.92 Å². The van der Waals surface area contributed by atoms with Crippen LogP contribution >= 0.6 is 0 Å². The zero-order chi connectivity index (χ0) is 19.4. The molecule has 0 atom stereocenters. The van der Waals surface area contributed by atoms with Crippen LogP contribution in [0.5, 0.6) is 0 Å². The number of piperidine rings is 1. The fourth-order valence-corrected chi connectivity index (χ4v) is 3.91. The summed E-state index contributed by atoms with van der Waals surface area (Å²) in [7, 11) is 2.00. The number of aromatic nitrogens is 3. The lowest BCUT2D eigenvalue weighted by Gasteiger charge is -2.37. The van der Waals surface area contributed by atoms with E-state index in [0.29, 0.717) is 18.7 Å². The minimum Gasteiger partial charge on any atom is -0.372 e. The third-order valence-electron chi connectivity index (χ3n) is 5.50. The summed E-state index contributed by atoms with van der Waals surface area (Å²) in [6.07, 6.45) is 7.55. The Balaban J connectivity index is 1.65. The molecule has 0 unspecified atom stereocenters. The van der Waals surface area contributed by atoms with Crippen LogP contribution in [0.1, 0.15) is 70.9 Å². The van der Waals surface area contributed by atoms with Crippen molar-refractivity contribution < 1.29 is 4.74 Å². The molecule has 2 heterocycles. The molecule has 0 bridgehead atoms. The summed E-state index contributed by atoms with van der Waals surface area (Å²) in [6, 6.07) is 0.550. The Morgan fingerprint density at radius 1 is 1.15 bits per heavy atom. The second kappa shape index (κ2) is 8.59. The van der Waals surface area contributed by atoms with Crippen molar-refractivity contribution >= 4 is 5.96 Å². The van der Waals surface area contributed by atoms with Gasteiger partial charge in [0.15, 0.2) is 11.8 Å². The Morgan fingerprint density at radius 2 is 1.81 bits per heavy atom. The van der Waals surface area contributed by atoms with Crippen molar-refractivity contribution in [3.63, 3.8) is 0 Å². The van der Waals surface area contributed by atoms with Crippen molar-refractivity contribution in [2.45, 2.75) is 90.5 Å². The average Bonchev–Trinajstić information content (AvgIpc) is 3.22. The second-order valence-corrected chi connectivity index (χ2v) is 8.90. The third kappa shape index (κ3) is 5.67. The van der Waals surface area contributed by atoms with E-state index in [2.05, 4.69) is 41.2 Å². The molecule has 7 heteroatoms. The van der Waals surface area contributed by atoms with Gasteiger partial charge in [-0.3, -0.25) is 0 Å². The number of aryl methyl sites for hydroxylation is 1. The number of guanidine groups is 1. The van der Waals surface area contributed by atoms with Crippen molar-refractivity contribution in [2.75, 3.05) is 13.1 Å². The molecule has 27 heavy (non-hydrogen) atoms. The fourth-order valence-electron chi connectivity index (χ4n) is 3.91. The number of aliphatic imine (C=N–C) groups is 1. The van der Waals surface area contributed by atoms with E-state index < -0.39 is 0 Å². The van der Waals surface area contributed by atoms with Gasteiger partial charge in [0.2, 0.25) is 0 Å². The number of hydrogen-bond acceptors (Lipinski definition) is 4.